The van der Waals surface area contributed by atoms with Crippen LogP contribution in [0.15, 0.2) is 24.3 Å². The van der Waals surface area contributed by atoms with E-state index < -0.39 is 10.2 Å². The molecular weight excluding hydrogens is 228 g/mol. The summed E-state index contributed by atoms with van der Waals surface area (Å²) in [7, 11) is -0.458. The molecule has 5 nitrogen and oxygen atoms in total. The first kappa shape index (κ1) is 13.0. The van der Waals surface area contributed by atoms with Crippen molar-refractivity contribution in [3.8, 4) is 5.75 Å². The lowest BCUT2D eigenvalue weighted by Gasteiger charge is -2.12. The maximum absolute atomic E-state index is 11.4. The fourth-order valence-corrected chi connectivity index (χ4v) is 1.78. The molecule has 0 bridgehead atoms. The number of nitrogens with one attached hydrogen (secondary N) is 1. The van der Waals surface area contributed by atoms with Crippen molar-refractivity contribution < 1.29 is 13.5 Å². The highest BCUT2D eigenvalue weighted by Crippen LogP contribution is 2.15. The molecule has 0 heterocycles. The zero-order valence-electron chi connectivity index (χ0n) is 9.34. The van der Waals surface area contributed by atoms with Crippen LogP contribution in [0, 0.1) is 0 Å². The highest BCUT2D eigenvalue weighted by atomic mass is 32.2. The average Bonchev–Trinajstić information content (AvgIpc) is 2.20. The molecule has 0 saturated carbocycles. The highest BCUT2D eigenvalue weighted by Gasteiger charge is 2.11. The molecule has 0 radical (unpaired) electrons. The van der Waals surface area contributed by atoms with Crippen LogP contribution in [0.3, 0.4) is 0 Å². The topological polar surface area (TPSA) is 69.6 Å². The SMILES string of the molecule is CN(C)S(=O)(=O)NCCc1ccccc1O. The van der Waals surface area contributed by atoms with Gasteiger partial charge in [0.25, 0.3) is 10.2 Å². The molecule has 0 aromatic heterocycles. The fourth-order valence-electron chi connectivity index (χ4n) is 1.17. The van der Waals surface area contributed by atoms with Gasteiger partial charge in [0, 0.05) is 20.6 Å². The molecule has 90 valence electrons. The third kappa shape index (κ3) is 3.48. The third-order valence-electron chi connectivity index (χ3n) is 2.15. The minimum atomic E-state index is -3.38. The molecule has 16 heavy (non-hydrogen) atoms. The Bertz CT molecular complexity index is 443. The van der Waals surface area contributed by atoms with E-state index in [1.54, 1.807) is 24.3 Å². The van der Waals surface area contributed by atoms with Crippen LogP contribution in [-0.2, 0) is 16.6 Å². The Morgan fingerprint density at radius 2 is 1.94 bits per heavy atom. The molecule has 1 aromatic carbocycles. The average molecular weight is 244 g/mol. The summed E-state index contributed by atoms with van der Waals surface area (Å²) in [6.07, 6.45) is 0.458. The van der Waals surface area contributed by atoms with E-state index in [2.05, 4.69) is 4.72 Å². The Hall–Kier alpha value is -1.11. The van der Waals surface area contributed by atoms with Gasteiger partial charge in [-0.05, 0) is 18.1 Å². The van der Waals surface area contributed by atoms with Crippen molar-refractivity contribution in [2.75, 3.05) is 20.6 Å². The first-order chi connectivity index (χ1) is 7.43. The molecule has 0 unspecified atom stereocenters. The normalized spacial score (nSPS) is 11.9. The molecule has 0 saturated heterocycles. The third-order valence-corrected chi connectivity index (χ3v) is 3.68. The summed E-state index contributed by atoms with van der Waals surface area (Å²) in [5.74, 6) is 0.187. The van der Waals surface area contributed by atoms with Gasteiger partial charge in [0.05, 0.1) is 0 Å². The second kappa shape index (κ2) is 5.29. The maximum Gasteiger partial charge on any atom is 0.278 e. The van der Waals surface area contributed by atoms with Crippen molar-refractivity contribution in [1.29, 1.82) is 0 Å². The van der Waals surface area contributed by atoms with Gasteiger partial charge in [-0.15, -0.1) is 0 Å². The number of phenolic OH excluding ortho intramolecular Hbond substituents is 1. The lowest BCUT2D eigenvalue weighted by molar-refractivity contribution is 0.466. The summed E-state index contributed by atoms with van der Waals surface area (Å²) in [5.41, 5.74) is 0.726. The molecule has 0 atom stereocenters. The molecule has 1 aromatic rings. The second-order valence-corrected chi connectivity index (χ2v) is 5.53. The Labute approximate surface area is 95.9 Å². The van der Waals surface area contributed by atoms with Gasteiger partial charge in [-0.2, -0.15) is 12.7 Å². The van der Waals surface area contributed by atoms with Gasteiger partial charge in [-0.3, -0.25) is 0 Å². The second-order valence-electron chi connectivity index (χ2n) is 3.56. The van der Waals surface area contributed by atoms with Crippen LogP contribution >= 0.6 is 0 Å². The zero-order chi connectivity index (χ0) is 12.2. The summed E-state index contributed by atoms with van der Waals surface area (Å²) in [5, 5.41) is 9.46. The van der Waals surface area contributed by atoms with E-state index >= 15 is 0 Å². The molecule has 2 N–H and O–H groups in total. The van der Waals surface area contributed by atoms with Crippen LogP contribution in [0.2, 0.25) is 0 Å². The van der Waals surface area contributed by atoms with E-state index in [1.165, 1.54) is 14.1 Å². The number of aromatic hydroxyl groups is 1. The van der Waals surface area contributed by atoms with E-state index in [9.17, 15) is 13.5 Å². The van der Waals surface area contributed by atoms with Crippen LogP contribution in [0.1, 0.15) is 5.56 Å². The molecule has 0 amide bonds. The van der Waals surface area contributed by atoms with E-state index in [4.69, 9.17) is 0 Å². The predicted octanol–water partition coefficient (Wildman–Crippen LogP) is 0.331. The predicted molar refractivity (Wildman–Crippen MR) is 62.4 cm³/mol. The number of para-hydroxylation sites is 1. The molecule has 0 aliphatic rings. The van der Waals surface area contributed by atoms with E-state index in [1.807, 2.05) is 0 Å². The molecule has 1 rings (SSSR count). The van der Waals surface area contributed by atoms with Crippen molar-refractivity contribution in [3.63, 3.8) is 0 Å². The van der Waals surface area contributed by atoms with Crippen LogP contribution in [-0.4, -0.2) is 38.5 Å². The van der Waals surface area contributed by atoms with Crippen molar-refractivity contribution in [2.45, 2.75) is 6.42 Å². The number of rotatable bonds is 5. The van der Waals surface area contributed by atoms with E-state index in [0.717, 1.165) is 9.87 Å². The number of hydrogen-bond donors (Lipinski definition) is 2. The summed E-state index contributed by atoms with van der Waals surface area (Å²) in [6.45, 7) is 0.262. The largest absolute Gasteiger partial charge is 0.508 e. The summed E-state index contributed by atoms with van der Waals surface area (Å²) < 4.78 is 26.2. The monoisotopic (exact) mass is 244 g/mol. The van der Waals surface area contributed by atoms with Crippen LogP contribution in [0.4, 0.5) is 0 Å². The maximum atomic E-state index is 11.4. The smallest absolute Gasteiger partial charge is 0.278 e. The Morgan fingerprint density at radius 1 is 1.31 bits per heavy atom. The van der Waals surface area contributed by atoms with Gasteiger partial charge in [-0.1, -0.05) is 18.2 Å². The molecule has 0 spiro atoms. The highest BCUT2D eigenvalue weighted by molar-refractivity contribution is 7.87. The standard InChI is InChI=1S/C10H16N2O3S/c1-12(2)16(14,15)11-8-7-9-5-3-4-6-10(9)13/h3-6,11,13H,7-8H2,1-2H3. The molecular formula is C10H16N2O3S. The van der Waals surface area contributed by atoms with Crippen molar-refractivity contribution in [2.24, 2.45) is 0 Å². The summed E-state index contributed by atoms with van der Waals surface area (Å²) >= 11 is 0. The van der Waals surface area contributed by atoms with Crippen LogP contribution in [0.5, 0.6) is 5.75 Å². The van der Waals surface area contributed by atoms with Crippen molar-refractivity contribution in [1.82, 2.24) is 9.03 Å². The first-order valence-electron chi connectivity index (χ1n) is 4.87. The number of phenols is 1. The zero-order valence-corrected chi connectivity index (χ0v) is 10.2. The Kier molecular flexibility index (Phi) is 4.28. The van der Waals surface area contributed by atoms with Gasteiger partial charge in [0.15, 0.2) is 0 Å². The minimum absolute atomic E-state index is 0.187. The van der Waals surface area contributed by atoms with Crippen molar-refractivity contribution >= 4 is 10.2 Å². The summed E-state index contributed by atoms with van der Waals surface area (Å²) in [4.78, 5) is 0. The summed E-state index contributed by atoms with van der Waals surface area (Å²) in [6, 6.07) is 6.87. The van der Waals surface area contributed by atoms with Gasteiger partial charge in [-0.25, -0.2) is 4.72 Å². The van der Waals surface area contributed by atoms with Crippen LogP contribution in [0.25, 0.3) is 0 Å². The molecule has 6 heteroatoms. The fraction of sp³-hybridized carbons (Fsp3) is 0.400. The van der Waals surface area contributed by atoms with E-state index in [0.29, 0.717) is 6.42 Å². The van der Waals surface area contributed by atoms with Gasteiger partial charge in [0.1, 0.15) is 5.75 Å². The van der Waals surface area contributed by atoms with Crippen LogP contribution < -0.4 is 4.72 Å². The lowest BCUT2D eigenvalue weighted by Crippen LogP contribution is -2.36. The Morgan fingerprint density at radius 3 is 2.50 bits per heavy atom. The molecule has 0 fully saturated rings. The Balaban J connectivity index is 2.52. The lowest BCUT2D eigenvalue weighted by atomic mass is 10.1. The first-order valence-corrected chi connectivity index (χ1v) is 6.31. The van der Waals surface area contributed by atoms with Gasteiger partial charge in [0.2, 0.25) is 0 Å². The van der Waals surface area contributed by atoms with Gasteiger partial charge >= 0.3 is 0 Å². The van der Waals surface area contributed by atoms with Crippen molar-refractivity contribution in [3.05, 3.63) is 29.8 Å². The number of hydrogen-bond acceptors (Lipinski definition) is 3. The number of benzene rings is 1. The van der Waals surface area contributed by atoms with Gasteiger partial charge < -0.3 is 5.11 Å². The minimum Gasteiger partial charge on any atom is -0.508 e. The molecule has 0 aliphatic carbocycles. The quantitative estimate of drug-likeness (QED) is 0.784. The molecule has 0 aliphatic heterocycles. The number of nitrogens with zero attached hydrogens (tertiary/aromatic N) is 1. The van der Waals surface area contributed by atoms with E-state index in [-0.39, 0.29) is 12.3 Å².